The summed E-state index contributed by atoms with van der Waals surface area (Å²) in [5, 5.41) is 2.80. The van der Waals surface area contributed by atoms with Crippen molar-refractivity contribution in [1.29, 1.82) is 0 Å². The molecule has 3 aromatic rings. The number of thioether (sulfide) groups is 1. The summed E-state index contributed by atoms with van der Waals surface area (Å²) in [6.45, 7) is 1.87. The van der Waals surface area contributed by atoms with Gasteiger partial charge in [0, 0.05) is 12.3 Å². The summed E-state index contributed by atoms with van der Waals surface area (Å²) in [7, 11) is 1.65. The second-order valence-electron chi connectivity index (χ2n) is 5.28. The van der Waals surface area contributed by atoms with Gasteiger partial charge in [-0.3, -0.25) is 9.36 Å². The second-order valence-corrected chi connectivity index (χ2v) is 7.48. The molecule has 0 aliphatic rings. The van der Waals surface area contributed by atoms with E-state index in [1.807, 2.05) is 12.3 Å². The fourth-order valence-corrected chi connectivity index (χ4v) is 4.06. The molecule has 0 saturated carbocycles. The lowest BCUT2D eigenvalue weighted by atomic mass is 10.1. The highest BCUT2D eigenvalue weighted by Gasteiger charge is 2.30. The van der Waals surface area contributed by atoms with Gasteiger partial charge in [-0.25, -0.2) is 4.98 Å². The number of thiophene rings is 1. The van der Waals surface area contributed by atoms with Gasteiger partial charge in [0.05, 0.1) is 10.9 Å². The van der Waals surface area contributed by atoms with Gasteiger partial charge in [0.2, 0.25) is 0 Å². The van der Waals surface area contributed by atoms with Crippen LogP contribution in [0.2, 0.25) is 0 Å². The van der Waals surface area contributed by atoms with Crippen LogP contribution in [0.25, 0.3) is 10.2 Å². The van der Waals surface area contributed by atoms with Crippen molar-refractivity contribution in [2.75, 3.05) is 0 Å². The van der Waals surface area contributed by atoms with Crippen LogP contribution in [-0.4, -0.2) is 9.55 Å². The molecule has 1 aromatic carbocycles. The minimum atomic E-state index is -4.34. The number of rotatable bonds is 3. The number of nitrogens with zero attached hydrogens (tertiary/aromatic N) is 2. The first-order valence-corrected chi connectivity index (χ1v) is 8.81. The van der Waals surface area contributed by atoms with Crippen LogP contribution in [0, 0.1) is 0 Å². The van der Waals surface area contributed by atoms with Gasteiger partial charge in [-0.1, -0.05) is 23.9 Å². The van der Waals surface area contributed by atoms with Crippen LogP contribution in [0.1, 0.15) is 23.3 Å². The molecule has 2 heterocycles. The van der Waals surface area contributed by atoms with Crippen molar-refractivity contribution in [3.05, 3.63) is 57.2 Å². The predicted octanol–water partition coefficient (Wildman–Crippen LogP) is 4.87. The SMILES string of the molecule is CC(Sc1nc2sccc2c(=O)n1C)c1ccc(C(F)(F)F)cc1. The lowest BCUT2D eigenvalue weighted by molar-refractivity contribution is -0.137. The van der Waals surface area contributed by atoms with E-state index in [1.54, 1.807) is 13.1 Å². The van der Waals surface area contributed by atoms with Gasteiger partial charge in [0.25, 0.3) is 5.56 Å². The third kappa shape index (κ3) is 3.21. The Labute approximate surface area is 144 Å². The molecule has 0 fully saturated rings. The maximum atomic E-state index is 12.6. The number of alkyl halides is 3. The molecule has 0 saturated heterocycles. The molecule has 0 aliphatic heterocycles. The molecule has 0 bridgehead atoms. The number of benzene rings is 1. The highest BCUT2D eigenvalue weighted by molar-refractivity contribution is 7.99. The van der Waals surface area contributed by atoms with Crippen LogP contribution in [0.3, 0.4) is 0 Å². The number of aromatic nitrogens is 2. The van der Waals surface area contributed by atoms with Gasteiger partial charge in [0.1, 0.15) is 4.83 Å². The van der Waals surface area contributed by atoms with Crippen molar-refractivity contribution in [2.45, 2.75) is 23.5 Å². The van der Waals surface area contributed by atoms with E-state index in [2.05, 4.69) is 4.98 Å². The number of fused-ring (bicyclic) bond motifs is 1. The Morgan fingerprint density at radius 1 is 1.21 bits per heavy atom. The van der Waals surface area contributed by atoms with Crippen molar-refractivity contribution in [3.63, 3.8) is 0 Å². The van der Waals surface area contributed by atoms with Crippen LogP contribution >= 0.6 is 23.1 Å². The summed E-state index contributed by atoms with van der Waals surface area (Å²) in [6.07, 6.45) is -4.34. The Kier molecular flexibility index (Phi) is 4.44. The Morgan fingerprint density at radius 2 is 1.88 bits per heavy atom. The predicted molar refractivity (Wildman–Crippen MR) is 90.6 cm³/mol. The van der Waals surface area contributed by atoms with E-state index in [-0.39, 0.29) is 10.8 Å². The molecule has 0 aliphatic carbocycles. The largest absolute Gasteiger partial charge is 0.416 e. The molecule has 24 heavy (non-hydrogen) atoms. The summed E-state index contributed by atoms with van der Waals surface area (Å²) in [4.78, 5) is 17.4. The van der Waals surface area contributed by atoms with Crippen molar-refractivity contribution >= 4 is 33.3 Å². The molecule has 1 atom stereocenters. The standard InChI is InChI=1S/C16H13F3N2OS2/c1-9(10-3-5-11(6-4-10)16(17,18)19)24-15-20-13-12(7-8-23-13)14(22)21(15)2/h3-9H,1-2H3. The van der Waals surface area contributed by atoms with Gasteiger partial charge < -0.3 is 0 Å². The first-order valence-electron chi connectivity index (χ1n) is 7.05. The third-order valence-corrected chi connectivity index (χ3v) is 5.66. The first kappa shape index (κ1) is 17.0. The number of hydrogen-bond donors (Lipinski definition) is 0. The lowest BCUT2D eigenvalue weighted by Crippen LogP contribution is -2.19. The van der Waals surface area contributed by atoms with Gasteiger partial charge >= 0.3 is 6.18 Å². The van der Waals surface area contributed by atoms with Gasteiger partial charge in [-0.2, -0.15) is 13.2 Å². The fourth-order valence-electron chi connectivity index (χ4n) is 2.25. The number of halogens is 3. The van der Waals surface area contributed by atoms with E-state index in [1.165, 1.54) is 39.8 Å². The highest BCUT2D eigenvalue weighted by Crippen LogP contribution is 2.36. The molecule has 0 radical (unpaired) electrons. The topological polar surface area (TPSA) is 34.9 Å². The molecule has 2 aromatic heterocycles. The zero-order valence-electron chi connectivity index (χ0n) is 12.8. The van der Waals surface area contributed by atoms with Crippen LogP contribution in [0.5, 0.6) is 0 Å². The van der Waals surface area contributed by atoms with E-state index in [9.17, 15) is 18.0 Å². The zero-order valence-corrected chi connectivity index (χ0v) is 14.4. The quantitative estimate of drug-likeness (QED) is 0.487. The Bertz CT molecular complexity index is 929. The van der Waals surface area contributed by atoms with E-state index in [0.717, 1.165) is 17.7 Å². The molecule has 3 rings (SSSR count). The van der Waals surface area contributed by atoms with E-state index < -0.39 is 11.7 Å². The fraction of sp³-hybridized carbons (Fsp3) is 0.250. The van der Waals surface area contributed by atoms with Crippen LogP contribution in [0.15, 0.2) is 45.7 Å². The summed E-state index contributed by atoms with van der Waals surface area (Å²) < 4.78 is 39.4. The average molecular weight is 370 g/mol. The number of hydrogen-bond acceptors (Lipinski definition) is 4. The maximum Gasteiger partial charge on any atom is 0.416 e. The van der Waals surface area contributed by atoms with E-state index in [0.29, 0.717) is 15.4 Å². The highest BCUT2D eigenvalue weighted by atomic mass is 32.2. The smallest absolute Gasteiger partial charge is 0.290 e. The summed E-state index contributed by atoms with van der Waals surface area (Å²) in [6, 6.07) is 6.80. The normalized spacial score (nSPS) is 13.4. The van der Waals surface area contributed by atoms with Gasteiger partial charge in [0.15, 0.2) is 5.16 Å². The zero-order chi connectivity index (χ0) is 17.5. The molecule has 0 spiro atoms. The van der Waals surface area contributed by atoms with Crippen LogP contribution in [0.4, 0.5) is 13.2 Å². The molecule has 8 heteroatoms. The molecule has 126 valence electrons. The minimum Gasteiger partial charge on any atom is -0.290 e. The van der Waals surface area contributed by atoms with Crippen molar-refractivity contribution in [2.24, 2.45) is 7.05 Å². The van der Waals surface area contributed by atoms with Crippen molar-refractivity contribution in [1.82, 2.24) is 9.55 Å². The van der Waals surface area contributed by atoms with Crippen molar-refractivity contribution in [3.8, 4) is 0 Å². The second kappa shape index (κ2) is 6.25. The summed E-state index contributed by atoms with van der Waals surface area (Å²) in [5.74, 6) is 0. The van der Waals surface area contributed by atoms with Gasteiger partial charge in [-0.05, 0) is 36.1 Å². The van der Waals surface area contributed by atoms with Crippen molar-refractivity contribution < 1.29 is 13.2 Å². The van der Waals surface area contributed by atoms with E-state index in [4.69, 9.17) is 0 Å². The van der Waals surface area contributed by atoms with Crippen LogP contribution < -0.4 is 5.56 Å². The molecule has 3 nitrogen and oxygen atoms in total. The summed E-state index contributed by atoms with van der Waals surface area (Å²) >= 11 is 2.74. The molecule has 1 unspecified atom stereocenters. The Balaban J connectivity index is 1.88. The minimum absolute atomic E-state index is 0.122. The molecule has 0 amide bonds. The van der Waals surface area contributed by atoms with Gasteiger partial charge in [-0.15, -0.1) is 11.3 Å². The maximum absolute atomic E-state index is 12.6. The molecular formula is C16H13F3N2OS2. The monoisotopic (exact) mass is 370 g/mol. The van der Waals surface area contributed by atoms with E-state index >= 15 is 0 Å². The van der Waals surface area contributed by atoms with Crippen LogP contribution in [-0.2, 0) is 13.2 Å². The summed E-state index contributed by atoms with van der Waals surface area (Å²) in [5.41, 5.74) is -0.0501. The first-order chi connectivity index (χ1) is 11.3. The molecule has 0 N–H and O–H groups in total. The average Bonchev–Trinajstić information content (AvgIpc) is 3.00. The lowest BCUT2D eigenvalue weighted by Gasteiger charge is -2.14. The third-order valence-electron chi connectivity index (χ3n) is 3.65. The Hall–Kier alpha value is -1.80. The Morgan fingerprint density at radius 3 is 2.50 bits per heavy atom. The molecular weight excluding hydrogens is 357 g/mol.